The molecule has 0 spiro atoms. The summed E-state index contributed by atoms with van der Waals surface area (Å²) in [6.45, 7) is 4.79. The number of halogens is 3. The maximum atomic E-state index is 13.5. The van der Waals surface area contributed by atoms with Crippen molar-refractivity contribution in [3.8, 4) is 5.75 Å². The molecule has 3 rings (SSSR count). The Morgan fingerprint density at radius 2 is 1.70 bits per heavy atom. The number of hydrogen-bond donors (Lipinski definition) is 1. The summed E-state index contributed by atoms with van der Waals surface area (Å²) in [7, 11) is -2.81. The Hall–Kier alpha value is -3.53. The summed E-state index contributed by atoms with van der Waals surface area (Å²) in [5.74, 6) is 0.0262. The van der Waals surface area contributed by atoms with Gasteiger partial charge in [-0.1, -0.05) is 42.8 Å². The van der Waals surface area contributed by atoms with Crippen LogP contribution >= 0.6 is 0 Å². The minimum atomic E-state index is -4.68. The van der Waals surface area contributed by atoms with Crippen LogP contribution in [0.1, 0.15) is 41.6 Å². The predicted molar refractivity (Wildman–Crippen MR) is 136 cm³/mol. The predicted octanol–water partition coefficient (Wildman–Crippen LogP) is 5.79. The van der Waals surface area contributed by atoms with Gasteiger partial charge >= 0.3 is 6.18 Å². The molecule has 10 heteroatoms. The van der Waals surface area contributed by atoms with E-state index in [-0.39, 0.29) is 10.6 Å². The molecule has 0 radical (unpaired) electrons. The van der Waals surface area contributed by atoms with Gasteiger partial charge in [-0.2, -0.15) is 13.2 Å². The van der Waals surface area contributed by atoms with Gasteiger partial charge in [0.25, 0.3) is 10.0 Å². The Balaban J connectivity index is 1.97. The first kappa shape index (κ1) is 28.0. The number of sulfonamides is 1. The first-order valence-electron chi connectivity index (χ1n) is 11.6. The van der Waals surface area contributed by atoms with E-state index in [4.69, 9.17) is 4.74 Å². The Kier molecular flexibility index (Phi) is 8.53. The van der Waals surface area contributed by atoms with Crippen molar-refractivity contribution in [3.63, 3.8) is 0 Å². The van der Waals surface area contributed by atoms with Gasteiger partial charge < -0.3 is 10.1 Å². The number of ether oxygens (including phenoxy) is 1. The topological polar surface area (TPSA) is 75.7 Å². The van der Waals surface area contributed by atoms with E-state index in [0.717, 1.165) is 34.9 Å². The number of amides is 1. The molecule has 198 valence electrons. The maximum absolute atomic E-state index is 13.5. The van der Waals surface area contributed by atoms with Gasteiger partial charge in [0.1, 0.15) is 12.3 Å². The van der Waals surface area contributed by atoms with E-state index in [2.05, 4.69) is 5.32 Å². The first-order valence-corrected chi connectivity index (χ1v) is 13.0. The highest BCUT2D eigenvalue weighted by atomic mass is 32.2. The smallest absolute Gasteiger partial charge is 0.416 e. The average molecular weight is 535 g/mol. The molecule has 0 aliphatic heterocycles. The lowest BCUT2D eigenvalue weighted by atomic mass is 10.0. The number of alkyl halides is 3. The maximum Gasteiger partial charge on any atom is 0.416 e. The third kappa shape index (κ3) is 6.62. The van der Waals surface area contributed by atoms with Crippen LogP contribution in [-0.2, 0) is 21.0 Å². The number of nitrogens with zero attached hydrogens (tertiary/aromatic N) is 1. The summed E-state index contributed by atoms with van der Waals surface area (Å²) in [4.78, 5) is 13.0. The van der Waals surface area contributed by atoms with Crippen LogP contribution in [0.4, 0.5) is 18.9 Å². The zero-order chi connectivity index (χ0) is 27.4. The minimum Gasteiger partial charge on any atom is -0.496 e. The van der Waals surface area contributed by atoms with E-state index in [0.29, 0.717) is 16.5 Å². The lowest BCUT2D eigenvalue weighted by Gasteiger charge is -2.26. The fourth-order valence-corrected chi connectivity index (χ4v) is 5.31. The lowest BCUT2D eigenvalue weighted by molar-refractivity contribution is -0.137. The molecule has 1 atom stereocenters. The molecule has 3 aromatic rings. The summed E-state index contributed by atoms with van der Waals surface area (Å²) in [6, 6.07) is 14.8. The molecule has 0 heterocycles. The van der Waals surface area contributed by atoms with Crippen molar-refractivity contribution in [1.29, 1.82) is 0 Å². The third-order valence-corrected chi connectivity index (χ3v) is 7.71. The number of rotatable bonds is 9. The van der Waals surface area contributed by atoms with E-state index in [1.54, 1.807) is 38.3 Å². The fourth-order valence-electron chi connectivity index (χ4n) is 3.90. The van der Waals surface area contributed by atoms with Crippen molar-refractivity contribution in [3.05, 3.63) is 89.0 Å². The molecule has 1 N–H and O–H groups in total. The summed E-state index contributed by atoms with van der Waals surface area (Å²) in [6.07, 6.45) is -4.18. The summed E-state index contributed by atoms with van der Waals surface area (Å²) in [5.41, 5.74) is 1.18. The van der Waals surface area contributed by atoms with Crippen LogP contribution in [0.5, 0.6) is 5.75 Å². The fraction of sp³-hybridized carbons (Fsp3) is 0.296. The van der Waals surface area contributed by atoms with Crippen molar-refractivity contribution in [1.82, 2.24) is 5.32 Å². The molecular formula is C27H29F3N2O4S. The molecule has 37 heavy (non-hydrogen) atoms. The number of carbonyl (C=O) groups excluding carboxylic acids is 1. The van der Waals surface area contributed by atoms with Crippen LogP contribution < -0.4 is 14.4 Å². The molecule has 0 aliphatic carbocycles. The first-order chi connectivity index (χ1) is 17.4. The number of anilines is 1. The van der Waals surface area contributed by atoms with Gasteiger partial charge in [-0.05, 0) is 67.8 Å². The van der Waals surface area contributed by atoms with Gasteiger partial charge in [-0.15, -0.1) is 0 Å². The zero-order valence-corrected chi connectivity index (χ0v) is 21.8. The Labute approximate surface area is 215 Å². The normalized spacial score (nSPS) is 12.6. The van der Waals surface area contributed by atoms with E-state index in [1.165, 1.54) is 18.2 Å². The van der Waals surface area contributed by atoms with Gasteiger partial charge in [0.15, 0.2) is 0 Å². The van der Waals surface area contributed by atoms with Crippen molar-refractivity contribution in [2.24, 2.45) is 0 Å². The molecule has 6 nitrogen and oxygen atoms in total. The second-order valence-electron chi connectivity index (χ2n) is 8.63. The highest BCUT2D eigenvalue weighted by Gasteiger charge is 2.33. The molecule has 0 aliphatic rings. The van der Waals surface area contributed by atoms with E-state index in [9.17, 15) is 26.4 Å². The van der Waals surface area contributed by atoms with E-state index < -0.39 is 40.3 Å². The van der Waals surface area contributed by atoms with Gasteiger partial charge in [0.05, 0.1) is 29.3 Å². The van der Waals surface area contributed by atoms with Crippen LogP contribution in [0.15, 0.2) is 71.6 Å². The van der Waals surface area contributed by atoms with Crippen LogP contribution in [0.3, 0.4) is 0 Å². The molecular weight excluding hydrogens is 505 g/mol. The highest BCUT2D eigenvalue weighted by molar-refractivity contribution is 7.92. The van der Waals surface area contributed by atoms with Crippen molar-refractivity contribution in [2.45, 2.75) is 44.3 Å². The standard InChI is InChI=1S/C27H29F3N2O4S/c1-5-24(20-11-14-25(36-4)19(3)15-20)31-26(33)17-32(22-8-6-7-21(16-22)27(28,29)30)37(34,35)23-12-9-18(2)10-13-23/h6-16,24H,5,17H2,1-4H3,(H,31,33)/t24-/m1/s1. The number of aryl methyl sites for hydroxylation is 2. The highest BCUT2D eigenvalue weighted by Crippen LogP contribution is 2.33. The van der Waals surface area contributed by atoms with Gasteiger partial charge in [-0.25, -0.2) is 8.42 Å². The van der Waals surface area contributed by atoms with Crippen LogP contribution in [0.25, 0.3) is 0 Å². The summed E-state index contributed by atoms with van der Waals surface area (Å²) >= 11 is 0. The number of carbonyl (C=O) groups is 1. The second-order valence-corrected chi connectivity index (χ2v) is 10.5. The van der Waals surface area contributed by atoms with Crippen LogP contribution in [0, 0.1) is 13.8 Å². The van der Waals surface area contributed by atoms with Gasteiger partial charge in [-0.3, -0.25) is 9.10 Å². The monoisotopic (exact) mass is 534 g/mol. The molecule has 1 amide bonds. The van der Waals surface area contributed by atoms with Crippen LogP contribution in [-0.4, -0.2) is 28.0 Å². The summed E-state index contributed by atoms with van der Waals surface area (Å²) < 4.78 is 73.2. The zero-order valence-electron chi connectivity index (χ0n) is 21.0. The van der Waals surface area contributed by atoms with Gasteiger partial charge in [0, 0.05) is 0 Å². The molecule has 0 unspecified atom stereocenters. The number of hydrogen-bond acceptors (Lipinski definition) is 4. The van der Waals surface area contributed by atoms with Crippen molar-refractivity contribution in [2.75, 3.05) is 18.0 Å². The molecule has 0 saturated heterocycles. The van der Waals surface area contributed by atoms with Crippen LogP contribution in [0.2, 0.25) is 0 Å². The second kappa shape index (κ2) is 11.2. The molecule has 0 saturated carbocycles. The summed E-state index contributed by atoms with van der Waals surface area (Å²) in [5, 5.41) is 2.82. The van der Waals surface area contributed by atoms with Crippen molar-refractivity contribution < 1.29 is 31.1 Å². The quantitative estimate of drug-likeness (QED) is 0.377. The van der Waals surface area contributed by atoms with E-state index >= 15 is 0 Å². The Bertz CT molecular complexity index is 1360. The van der Waals surface area contributed by atoms with Crippen molar-refractivity contribution >= 4 is 21.6 Å². The number of methoxy groups -OCH3 is 1. The molecule has 3 aromatic carbocycles. The average Bonchev–Trinajstić information content (AvgIpc) is 2.85. The molecule has 0 fully saturated rings. The Morgan fingerprint density at radius 3 is 2.27 bits per heavy atom. The minimum absolute atomic E-state index is 0.138. The van der Waals surface area contributed by atoms with Gasteiger partial charge in [0.2, 0.25) is 5.91 Å². The Morgan fingerprint density at radius 1 is 1.03 bits per heavy atom. The SMILES string of the molecule is CC[C@@H](NC(=O)CN(c1cccc(C(F)(F)F)c1)S(=O)(=O)c1ccc(C)cc1)c1ccc(OC)c(C)c1. The largest absolute Gasteiger partial charge is 0.496 e. The molecule has 0 aromatic heterocycles. The lowest BCUT2D eigenvalue weighted by Crippen LogP contribution is -2.42. The molecule has 0 bridgehead atoms. The number of nitrogens with one attached hydrogen (secondary N) is 1. The van der Waals surface area contributed by atoms with E-state index in [1.807, 2.05) is 19.9 Å². The number of benzene rings is 3. The third-order valence-electron chi connectivity index (χ3n) is 5.92.